The summed E-state index contributed by atoms with van der Waals surface area (Å²) in [6.45, 7) is 9.74. The van der Waals surface area contributed by atoms with Crippen LogP contribution in [0.4, 0.5) is 11.4 Å². The van der Waals surface area contributed by atoms with Crippen molar-refractivity contribution in [2.24, 2.45) is 0 Å². The van der Waals surface area contributed by atoms with E-state index in [4.69, 9.17) is 9.84 Å². The molecule has 0 aromatic heterocycles. The van der Waals surface area contributed by atoms with Crippen LogP contribution in [0, 0.1) is 0 Å². The van der Waals surface area contributed by atoms with Gasteiger partial charge < -0.3 is 20.1 Å². The van der Waals surface area contributed by atoms with Gasteiger partial charge in [0, 0.05) is 52.5 Å². The average Bonchev–Trinajstić information content (AvgIpc) is 3.33. The van der Waals surface area contributed by atoms with Crippen LogP contribution in [0.1, 0.15) is 57.2 Å². The van der Waals surface area contributed by atoms with Gasteiger partial charge in [-0.1, -0.05) is 26.0 Å². The minimum absolute atomic E-state index is 0.0463. The Kier molecular flexibility index (Phi) is 6.31. The molecule has 0 saturated heterocycles. The highest BCUT2D eigenvalue weighted by Crippen LogP contribution is 2.54. The summed E-state index contributed by atoms with van der Waals surface area (Å²) >= 11 is 0. The summed E-state index contributed by atoms with van der Waals surface area (Å²) in [7, 11) is -4.34. The van der Waals surface area contributed by atoms with Crippen molar-refractivity contribution >= 4 is 39.1 Å². The normalized spacial score (nSPS) is 24.0. The number of anilines is 1. The largest absolute Gasteiger partial charge is 0.480 e. The van der Waals surface area contributed by atoms with Crippen molar-refractivity contribution in [2.45, 2.75) is 74.9 Å². The van der Waals surface area contributed by atoms with Crippen molar-refractivity contribution in [3.63, 3.8) is 0 Å². The molecule has 44 heavy (non-hydrogen) atoms. The number of carboxylic acids is 1. The number of ether oxygens (including phenoxy) is 1. The van der Waals surface area contributed by atoms with Crippen molar-refractivity contribution in [3.8, 4) is 0 Å². The monoisotopic (exact) mass is 618 g/mol. The molecule has 1 amide bonds. The molecule has 2 aromatic carbocycles. The van der Waals surface area contributed by atoms with E-state index in [-0.39, 0.29) is 34.8 Å². The van der Waals surface area contributed by atoms with E-state index >= 15 is 0 Å². The maximum Gasteiger partial charge on any atom is 0.322 e. The van der Waals surface area contributed by atoms with Gasteiger partial charge in [0.1, 0.15) is 6.54 Å². The fourth-order valence-electron chi connectivity index (χ4n) is 8.01. The Hall–Kier alpha value is -3.80. The lowest BCUT2D eigenvalue weighted by Crippen LogP contribution is -2.47. The zero-order valence-electron chi connectivity index (χ0n) is 25.2. The van der Waals surface area contributed by atoms with Crippen molar-refractivity contribution in [1.82, 2.24) is 5.32 Å². The van der Waals surface area contributed by atoms with Crippen LogP contribution in [-0.2, 0) is 41.7 Å². The fourth-order valence-corrected chi connectivity index (χ4v) is 8.52. The molecular weight excluding hydrogens is 582 g/mol. The molecule has 5 aliphatic rings. The highest BCUT2D eigenvalue weighted by molar-refractivity contribution is 7.85. The van der Waals surface area contributed by atoms with E-state index in [0.29, 0.717) is 0 Å². The Bertz CT molecular complexity index is 1870. The van der Waals surface area contributed by atoms with Crippen molar-refractivity contribution in [2.75, 3.05) is 24.5 Å². The van der Waals surface area contributed by atoms with Gasteiger partial charge in [0.25, 0.3) is 10.1 Å². The Labute approximate surface area is 256 Å². The van der Waals surface area contributed by atoms with Gasteiger partial charge in [-0.25, -0.2) is 0 Å². The molecule has 230 valence electrons. The van der Waals surface area contributed by atoms with E-state index < -0.39 is 28.0 Å². The molecule has 0 bridgehead atoms. The molecule has 3 N–H and O–H groups in total. The molecule has 7 rings (SSSR count). The highest BCUT2D eigenvalue weighted by atomic mass is 32.2. The minimum Gasteiger partial charge on any atom is -0.480 e. The number of hydrogen-bond donors (Lipinski definition) is 3. The molecule has 2 aromatic rings. The summed E-state index contributed by atoms with van der Waals surface area (Å²) in [4.78, 5) is 25.5. The molecule has 5 aliphatic heterocycles. The van der Waals surface area contributed by atoms with Gasteiger partial charge in [-0.05, 0) is 55.7 Å². The Balaban J connectivity index is 1.30. The maximum absolute atomic E-state index is 12.4. The number of fused-ring (bicyclic) bond motifs is 8. The van der Waals surface area contributed by atoms with E-state index in [0.717, 1.165) is 70.9 Å². The molecule has 2 unspecified atom stereocenters. The third-order valence-electron chi connectivity index (χ3n) is 9.89. The Morgan fingerprint density at radius 1 is 1.05 bits per heavy atom. The number of amides is 1. The maximum atomic E-state index is 12.4. The van der Waals surface area contributed by atoms with E-state index in [9.17, 15) is 22.6 Å². The third-order valence-corrected chi connectivity index (χ3v) is 10.7. The first-order valence-electron chi connectivity index (χ1n) is 15.0. The van der Waals surface area contributed by atoms with Gasteiger partial charge >= 0.3 is 5.97 Å². The van der Waals surface area contributed by atoms with E-state index in [1.807, 2.05) is 6.07 Å². The molecule has 11 heteroatoms. The van der Waals surface area contributed by atoms with Crippen LogP contribution in [-0.4, -0.2) is 72.1 Å². The molecule has 10 nitrogen and oxygen atoms in total. The quantitative estimate of drug-likeness (QED) is 0.342. The number of carbonyl (C=O) groups is 2. The summed E-state index contributed by atoms with van der Waals surface area (Å²) in [5.41, 5.74) is 8.51. The predicted octanol–water partition coefficient (Wildman–Crippen LogP) is 3.61. The first-order valence-corrected chi connectivity index (χ1v) is 16.4. The first-order chi connectivity index (χ1) is 20.7. The summed E-state index contributed by atoms with van der Waals surface area (Å²) in [6, 6.07) is 10.9. The SMILES string of the molecule is CC1(C)C2=C3C=C4C5=[N+](CCC4OC3CCN2c2ccc(CC(=O)NCC(=O)O)cc21)c1ccc(S(=O)(=O)O)cc1C5(C)C. The lowest BCUT2D eigenvalue weighted by molar-refractivity contribution is -0.445. The fraction of sp³-hybridized carbons (Fsp3) is 0.424. The number of allylic oxidation sites excluding steroid dienone is 1. The predicted molar refractivity (Wildman–Crippen MR) is 163 cm³/mol. The van der Waals surface area contributed by atoms with Gasteiger partial charge in [-0.15, -0.1) is 0 Å². The van der Waals surface area contributed by atoms with Gasteiger partial charge in [0.15, 0.2) is 12.3 Å². The topological polar surface area (TPSA) is 136 Å². The lowest BCUT2D eigenvalue weighted by Gasteiger charge is -2.42. The summed E-state index contributed by atoms with van der Waals surface area (Å²) in [5.74, 6) is -1.41. The molecule has 0 aliphatic carbocycles. The van der Waals surface area contributed by atoms with Crippen LogP contribution >= 0.6 is 0 Å². The third kappa shape index (κ3) is 4.28. The molecule has 0 fully saturated rings. The highest BCUT2D eigenvalue weighted by Gasteiger charge is 2.54. The molecule has 2 atom stereocenters. The van der Waals surface area contributed by atoms with Gasteiger partial charge in [0.2, 0.25) is 11.6 Å². The van der Waals surface area contributed by atoms with Crippen LogP contribution in [0.2, 0.25) is 0 Å². The summed E-state index contributed by atoms with van der Waals surface area (Å²) in [5, 5.41) is 11.3. The second-order valence-electron chi connectivity index (χ2n) is 13.3. The number of nitrogens with one attached hydrogen (secondary N) is 1. The Morgan fingerprint density at radius 3 is 2.55 bits per heavy atom. The van der Waals surface area contributed by atoms with Crippen LogP contribution in [0.5, 0.6) is 0 Å². The molecule has 0 spiro atoms. The standard InChI is InChI=1S/C33H35N3O7S/c1-32(2)22-13-18(14-28(37)34-17-29(38)39)5-7-24(22)35-11-9-26-20(30(32)35)16-21-27(43-26)10-12-36-25-8-6-19(44(40,41)42)15-23(25)33(3,4)31(21)36/h5-8,13,15-16,26-27H,9-12,14,17H2,1-4H3,(H2-,34,37,38,39,40,41,42)/p+1. The van der Waals surface area contributed by atoms with Gasteiger partial charge in [0.05, 0.1) is 28.9 Å². The zero-order chi connectivity index (χ0) is 31.3. The second-order valence-corrected chi connectivity index (χ2v) is 14.8. The van der Waals surface area contributed by atoms with E-state index in [1.165, 1.54) is 11.8 Å². The zero-order valence-corrected chi connectivity index (χ0v) is 26.0. The lowest BCUT2D eigenvalue weighted by atomic mass is 9.74. The number of aliphatic carboxylic acids is 1. The average molecular weight is 619 g/mol. The number of rotatable bonds is 5. The van der Waals surface area contributed by atoms with Crippen molar-refractivity contribution in [1.29, 1.82) is 0 Å². The van der Waals surface area contributed by atoms with Gasteiger partial charge in [-0.2, -0.15) is 13.0 Å². The molecule has 5 heterocycles. The number of carbonyl (C=O) groups excluding carboxylic acids is 1. The number of nitrogens with zero attached hydrogens (tertiary/aromatic N) is 2. The Morgan fingerprint density at radius 2 is 1.82 bits per heavy atom. The molecular formula is C33H36N3O7S+. The minimum atomic E-state index is -4.34. The first kappa shape index (κ1) is 28.9. The summed E-state index contributed by atoms with van der Waals surface area (Å²) in [6.07, 6.45) is 3.95. The number of benzene rings is 2. The number of hydrogen-bond acceptors (Lipinski definition) is 6. The smallest absolute Gasteiger partial charge is 0.322 e. The van der Waals surface area contributed by atoms with Crippen LogP contribution in [0.25, 0.3) is 0 Å². The van der Waals surface area contributed by atoms with Crippen molar-refractivity contribution < 1.29 is 37.0 Å². The summed E-state index contributed by atoms with van der Waals surface area (Å²) < 4.78 is 42.8. The van der Waals surface area contributed by atoms with Crippen LogP contribution in [0.15, 0.2) is 64.2 Å². The van der Waals surface area contributed by atoms with E-state index in [1.54, 1.807) is 12.1 Å². The van der Waals surface area contributed by atoms with Crippen LogP contribution < -0.4 is 10.2 Å². The number of carboxylic acid groups (broad SMARTS) is 1. The van der Waals surface area contributed by atoms with Crippen LogP contribution in [0.3, 0.4) is 0 Å². The van der Waals surface area contributed by atoms with Gasteiger partial charge in [-0.3, -0.25) is 14.1 Å². The molecule has 0 radical (unpaired) electrons. The van der Waals surface area contributed by atoms with Crippen molar-refractivity contribution in [3.05, 3.63) is 76.0 Å². The molecule has 0 saturated carbocycles. The van der Waals surface area contributed by atoms with E-state index in [2.05, 4.69) is 60.7 Å². The second kappa shape index (κ2) is 9.60.